The molecule has 2 fully saturated rings. The Labute approximate surface area is 125 Å². The van der Waals surface area contributed by atoms with Crippen molar-refractivity contribution in [2.24, 2.45) is 29.1 Å². The van der Waals surface area contributed by atoms with Gasteiger partial charge in [-0.05, 0) is 30.8 Å². The molecule has 4 nitrogen and oxygen atoms in total. The van der Waals surface area contributed by atoms with Crippen molar-refractivity contribution >= 4 is 11.8 Å². The fraction of sp³-hybridized carbons (Fsp3) is 0.765. The van der Waals surface area contributed by atoms with E-state index in [2.05, 4.69) is 6.92 Å². The van der Waals surface area contributed by atoms with Crippen LogP contribution in [0.15, 0.2) is 11.6 Å². The minimum absolute atomic E-state index is 0.0353. The highest BCUT2D eigenvalue weighted by molar-refractivity contribution is 5.86. The number of hydrogen-bond donors (Lipinski definition) is 1. The van der Waals surface area contributed by atoms with Gasteiger partial charge in [-0.3, -0.25) is 9.59 Å². The summed E-state index contributed by atoms with van der Waals surface area (Å²) in [5.41, 5.74) is -0.645. The van der Waals surface area contributed by atoms with Gasteiger partial charge in [-0.1, -0.05) is 26.3 Å². The van der Waals surface area contributed by atoms with Crippen molar-refractivity contribution in [3.8, 4) is 0 Å². The molecular formula is C17H24O4. The lowest BCUT2D eigenvalue weighted by atomic mass is 9.56. The molecule has 4 bridgehead atoms. The van der Waals surface area contributed by atoms with Gasteiger partial charge in [0.25, 0.3) is 0 Å². The summed E-state index contributed by atoms with van der Waals surface area (Å²) in [5, 5.41) is 11.2. The minimum Gasteiger partial charge on any atom is -0.459 e. The first kappa shape index (κ1) is 14.8. The summed E-state index contributed by atoms with van der Waals surface area (Å²) in [6.07, 6.45) is 1.64. The number of aliphatic hydroxyl groups is 1. The molecule has 0 radical (unpaired) electrons. The minimum atomic E-state index is -1.35. The van der Waals surface area contributed by atoms with Gasteiger partial charge in [-0.15, -0.1) is 0 Å². The molecule has 3 aliphatic carbocycles. The normalized spacial score (nSPS) is 47.0. The van der Waals surface area contributed by atoms with E-state index in [4.69, 9.17) is 4.74 Å². The highest BCUT2D eigenvalue weighted by Gasteiger charge is 2.72. The molecule has 0 aromatic rings. The van der Waals surface area contributed by atoms with Crippen molar-refractivity contribution in [3.63, 3.8) is 0 Å². The van der Waals surface area contributed by atoms with E-state index >= 15 is 0 Å². The largest absolute Gasteiger partial charge is 0.459 e. The molecular weight excluding hydrogens is 268 g/mol. The third kappa shape index (κ3) is 1.71. The molecule has 3 aliphatic rings. The van der Waals surface area contributed by atoms with Crippen molar-refractivity contribution in [2.45, 2.75) is 52.7 Å². The predicted octanol–water partition coefficient (Wildman–Crippen LogP) is 2.11. The highest BCUT2D eigenvalue weighted by Crippen LogP contribution is 2.65. The van der Waals surface area contributed by atoms with Gasteiger partial charge in [0.2, 0.25) is 0 Å². The fourth-order valence-electron chi connectivity index (χ4n) is 5.48. The maximum absolute atomic E-state index is 12.6. The van der Waals surface area contributed by atoms with Crippen LogP contribution in [0.4, 0.5) is 0 Å². The van der Waals surface area contributed by atoms with Gasteiger partial charge < -0.3 is 9.84 Å². The summed E-state index contributed by atoms with van der Waals surface area (Å²) < 4.78 is 5.50. The second-order valence-electron chi connectivity index (χ2n) is 7.76. The van der Waals surface area contributed by atoms with Crippen LogP contribution < -0.4 is 0 Å². The smallest absolute Gasteiger partial charge is 0.303 e. The van der Waals surface area contributed by atoms with E-state index in [0.29, 0.717) is 6.42 Å². The summed E-state index contributed by atoms with van der Waals surface area (Å²) in [7, 11) is 0. The number of ether oxygens (including phenoxy) is 1. The SMILES string of the molecule is CC(=O)O[C@@H]1C2(O)C=C(C)[C@H]3[C@H](C)CC(=O)C2[C@H]3C1(C)C. The number of hydrogen-bond acceptors (Lipinski definition) is 4. The van der Waals surface area contributed by atoms with Crippen molar-refractivity contribution in [1.29, 1.82) is 0 Å². The third-order valence-corrected chi connectivity index (χ3v) is 5.95. The monoisotopic (exact) mass is 292 g/mol. The van der Waals surface area contributed by atoms with E-state index in [1.165, 1.54) is 6.92 Å². The first-order chi connectivity index (χ1) is 9.60. The number of allylic oxidation sites excluding steroid dienone is 1. The van der Waals surface area contributed by atoms with Gasteiger partial charge in [0.05, 0.1) is 5.92 Å². The van der Waals surface area contributed by atoms with Crippen LogP contribution in [0, 0.1) is 29.1 Å². The summed E-state index contributed by atoms with van der Waals surface area (Å²) in [4.78, 5) is 24.1. The standard InChI is InChI=1S/C17H24O4/c1-8-6-11(19)13-14-12(8)9(2)7-17(13,20)15(16(14,4)5)21-10(3)18/h7-8,12-15,20H,6H2,1-5H3/t8-,12-,13?,14+,15+,17?/m1/s1. The lowest BCUT2D eigenvalue weighted by Gasteiger charge is -2.47. The average molecular weight is 292 g/mol. The number of Topliss-reactive ketones (excluding diaryl/α,β-unsaturated/α-hetero) is 1. The Hall–Kier alpha value is -1.16. The van der Waals surface area contributed by atoms with Crippen LogP contribution in [-0.4, -0.2) is 28.6 Å². The molecule has 2 unspecified atom stereocenters. The maximum atomic E-state index is 12.6. The molecule has 21 heavy (non-hydrogen) atoms. The van der Waals surface area contributed by atoms with Crippen LogP contribution in [0.5, 0.6) is 0 Å². The van der Waals surface area contributed by atoms with E-state index in [1.54, 1.807) is 6.08 Å². The lowest BCUT2D eigenvalue weighted by molar-refractivity contribution is -0.166. The second-order valence-corrected chi connectivity index (χ2v) is 7.76. The van der Waals surface area contributed by atoms with Crippen LogP contribution in [0.1, 0.15) is 41.0 Å². The van der Waals surface area contributed by atoms with Gasteiger partial charge in [0.15, 0.2) is 0 Å². The number of ketones is 1. The molecule has 0 saturated heterocycles. The molecule has 4 heteroatoms. The number of esters is 1. The molecule has 2 saturated carbocycles. The molecule has 0 aromatic carbocycles. The summed E-state index contributed by atoms with van der Waals surface area (Å²) in [5.74, 6) is -0.152. The molecule has 0 amide bonds. The second kappa shape index (κ2) is 4.19. The molecule has 0 spiro atoms. The van der Waals surface area contributed by atoms with Gasteiger partial charge >= 0.3 is 5.97 Å². The Balaban J connectivity index is 2.19. The predicted molar refractivity (Wildman–Crippen MR) is 77.3 cm³/mol. The zero-order valence-electron chi connectivity index (χ0n) is 13.3. The zero-order valence-corrected chi connectivity index (χ0v) is 13.3. The van der Waals surface area contributed by atoms with Crippen LogP contribution in [-0.2, 0) is 14.3 Å². The number of carbonyl (C=O) groups excluding carboxylic acids is 2. The molecule has 0 aliphatic heterocycles. The third-order valence-electron chi connectivity index (χ3n) is 5.95. The van der Waals surface area contributed by atoms with Crippen molar-refractivity contribution < 1.29 is 19.4 Å². The van der Waals surface area contributed by atoms with Gasteiger partial charge in [0, 0.05) is 18.8 Å². The van der Waals surface area contributed by atoms with Crippen LogP contribution in [0.25, 0.3) is 0 Å². The Bertz CT molecular complexity index is 547. The van der Waals surface area contributed by atoms with Gasteiger partial charge in [-0.25, -0.2) is 0 Å². The molecule has 3 rings (SSSR count). The van der Waals surface area contributed by atoms with Crippen molar-refractivity contribution in [3.05, 3.63) is 11.6 Å². The Kier molecular flexibility index (Phi) is 2.94. The first-order valence-corrected chi connectivity index (χ1v) is 7.72. The summed E-state index contributed by atoms with van der Waals surface area (Å²) in [6.45, 7) is 9.52. The lowest BCUT2D eigenvalue weighted by Crippen LogP contribution is -2.53. The van der Waals surface area contributed by atoms with Crippen LogP contribution in [0.2, 0.25) is 0 Å². The van der Waals surface area contributed by atoms with E-state index in [9.17, 15) is 14.7 Å². The quantitative estimate of drug-likeness (QED) is 0.594. The van der Waals surface area contributed by atoms with E-state index in [1.807, 2.05) is 20.8 Å². The molecule has 0 heterocycles. The fourth-order valence-corrected chi connectivity index (χ4v) is 5.48. The summed E-state index contributed by atoms with van der Waals surface area (Å²) in [6, 6.07) is 0. The topological polar surface area (TPSA) is 63.6 Å². The zero-order chi connectivity index (χ0) is 15.7. The molecule has 116 valence electrons. The van der Waals surface area contributed by atoms with Gasteiger partial charge in [-0.2, -0.15) is 0 Å². The van der Waals surface area contributed by atoms with E-state index in [0.717, 1.165) is 5.57 Å². The first-order valence-electron chi connectivity index (χ1n) is 7.72. The molecule has 1 N–H and O–H groups in total. The molecule has 0 aromatic heterocycles. The van der Waals surface area contributed by atoms with Crippen molar-refractivity contribution in [2.75, 3.05) is 0 Å². The van der Waals surface area contributed by atoms with Crippen molar-refractivity contribution in [1.82, 2.24) is 0 Å². The van der Waals surface area contributed by atoms with Crippen LogP contribution in [0.3, 0.4) is 0 Å². The number of carbonyl (C=O) groups is 2. The van der Waals surface area contributed by atoms with E-state index in [-0.39, 0.29) is 23.5 Å². The Morgan fingerprint density at radius 1 is 1.43 bits per heavy atom. The Morgan fingerprint density at radius 3 is 2.62 bits per heavy atom. The molecule has 6 atom stereocenters. The average Bonchev–Trinajstić information content (AvgIpc) is 2.44. The maximum Gasteiger partial charge on any atom is 0.303 e. The van der Waals surface area contributed by atoms with Crippen LogP contribution >= 0.6 is 0 Å². The Morgan fingerprint density at radius 2 is 2.05 bits per heavy atom. The summed E-state index contributed by atoms with van der Waals surface area (Å²) >= 11 is 0. The van der Waals surface area contributed by atoms with E-state index < -0.39 is 29.0 Å². The highest BCUT2D eigenvalue weighted by atomic mass is 16.6. The van der Waals surface area contributed by atoms with Gasteiger partial charge in [0.1, 0.15) is 17.5 Å². The number of rotatable bonds is 1.